The molecule has 5 rings (SSSR count). The summed E-state index contributed by atoms with van der Waals surface area (Å²) in [5, 5.41) is 2.24. The molecule has 3 aromatic heterocycles. The zero-order chi connectivity index (χ0) is 19.1. The molecule has 0 spiro atoms. The zero-order valence-corrected chi connectivity index (χ0v) is 15.6. The van der Waals surface area contributed by atoms with Crippen molar-refractivity contribution in [2.24, 2.45) is 0 Å². The van der Waals surface area contributed by atoms with E-state index >= 15 is 0 Å². The number of hydrogen-bond donors (Lipinski definition) is 0. The first kappa shape index (κ1) is 16.5. The molecule has 0 saturated carbocycles. The largest absolute Gasteiger partial charge is 0.309 e. The molecular formula is C25H19N3. The van der Waals surface area contributed by atoms with Crippen LogP contribution >= 0.6 is 0 Å². The molecule has 0 aliphatic heterocycles. The number of hydrogen-bond acceptors (Lipinski definition) is 2. The maximum Gasteiger partial charge on any atom is 0.0572 e. The maximum atomic E-state index is 4.31. The fraction of sp³-hybridized carbons (Fsp3) is 0.0400. The number of aryl methyl sites for hydroxylation is 1. The molecule has 0 unspecified atom stereocenters. The highest BCUT2D eigenvalue weighted by Gasteiger charge is 2.13. The Bertz CT molecular complexity index is 1270. The van der Waals surface area contributed by atoms with Crippen LogP contribution < -0.4 is 0 Å². The summed E-state index contributed by atoms with van der Waals surface area (Å²) in [6, 6.07) is 19.3. The molecule has 134 valence electrons. The van der Waals surface area contributed by atoms with Gasteiger partial charge in [-0.05, 0) is 53.4 Å². The van der Waals surface area contributed by atoms with Crippen LogP contribution in [0, 0.1) is 6.92 Å². The molecular weight excluding hydrogens is 342 g/mol. The van der Waals surface area contributed by atoms with Crippen LogP contribution in [-0.2, 0) is 0 Å². The Labute approximate surface area is 163 Å². The van der Waals surface area contributed by atoms with Crippen molar-refractivity contribution in [1.82, 2.24) is 14.5 Å². The third-order valence-electron chi connectivity index (χ3n) is 5.29. The summed E-state index contributed by atoms with van der Waals surface area (Å²) < 4.78 is 2.28. The van der Waals surface area contributed by atoms with Crippen molar-refractivity contribution in [3.05, 3.63) is 97.1 Å². The van der Waals surface area contributed by atoms with Gasteiger partial charge in [-0.15, -0.1) is 0 Å². The van der Waals surface area contributed by atoms with Crippen LogP contribution in [0.3, 0.4) is 0 Å². The van der Waals surface area contributed by atoms with Crippen LogP contribution in [-0.4, -0.2) is 14.5 Å². The average molecular weight is 361 g/mol. The number of pyridine rings is 2. The molecule has 28 heavy (non-hydrogen) atoms. The second-order valence-corrected chi connectivity index (χ2v) is 6.95. The number of fused-ring (bicyclic) bond motifs is 3. The molecule has 0 aliphatic carbocycles. The van der Waals surface area contributed by atoms with Gasteiger partial charge in [0.2, 0.25) is 0 Å². The van der Waals surface area contributed by atoms with Gasteiger partial charge < -0.3 is 4.57 Å². The number of rotatable bonds is 3. The minimum absolute atomic E-state index is 1.12. The van der Waals surface area contributed by atoms with E-state index in [9.17, 15) is 0 Å². The molecule has 3 heterocycles. The second kappa shape index (κ2) is 6.46. The third kappa shape index (κ3) is 2.52. The first-order valence-corrected chi connectivity index (χ1v) is 9.28. The topological polar surface area (TPSA) is 30.7 Å². The highest BCUT2D eigenvalue weighted by Crippen LogP contribution is 2.33. The van der Waals surface area contributed by atoms with Crippen molar-refractivity contribution < 1.29 is 0 Å². The molecule has 0 atom stereocenters. The highest BCUT2D eigenvalue weighted by atomic mass is 15.0. The van der Waals surface area contributed by atoms with Crippen molar-refractivity contribution in [3.63, 3.8) is 0 Å². The van der Waals surface area contributed by atoms with Crippen LogP contribution in [0.5, 0.6) is 0 Å². The first-order valence-electron chi connectivity index (χ1n) is 9.28. The van der Waals surface area contributed by atoms with E-state index in [0.717, 1.165) is 33.1 Å². The van der Waals surface area contributed by atoms with E-state index in [-0.39, 0.29) is 0 Å². The van der Waals surface area contributed by atoms with E-state index < -0.39 is 0 Å². The summed E-state index contributed by atoms with van der Waals surface area (Å²) in [5.74, 6) is 0. The molecule has 5 aromatic rings. The van der Waals surface area contributed by atoms with Gasteiger partial charge in [0.15, 0.2) is 0 Å². The standard InChI is InChI=1S/C25H19N3/c1-3-18-4-6-19(7-5-18)21-9-8-20(14-17(21)2)28-24-10-12-26-15-22(24)23-16-27-13-11-25(23)28/h3-16H,1H2,2H3. The Balaban J connectivity index is 1.70. The summed E-state index contributed by atoms with van der Waals surface area (Å²) in [7, 11) is 0. The van der Waals surface area contributed by atoms with Crippen molar-refractivity contribution in [2.45, 2.75) is 6.92 Å². The van der Waals surface area contributed by atoms with E-state index in [1.807, 2.05) is 30.9 Å². The summed E-state index contributed by atoms with van der Waals surface area (Å²) >= 11 is 0. The van der Waals surface area contributed by atoms with Crippen LogP contribution in [0.4, 0.5) is 0 Å². The quantitative estimate of drug-likeness (QED) is 0.383. The molecule has 0 fully saturated rings. The molecule has 0 saturated heterocycles. The van der Waals surface area contributed by atoms with Gasteiger partial charge in [0.05, 0.1) is 11.0 Å². The maximum absolute atomic E-state index is 4.31. The Morgan fingerprint density at radius 1 is 0.821 bits per heavy atom. The van der Waals surface area contributed by atoms with Gasteiger partial charge in [-0.25, -0.2) is 0 Å². The lowest BCUT2D eigenvalue weighted by Gasteiger charge is -2.12. The first-order chi connectivity index (χ1) is 13.8. The highest BCUT2D eigenvalue weighted by molar-refractivity contribution is 6.08. The normalized spacial score (nSPS) is 11.2. The van der Waals surface area contributed by atoms with Gasteiger partial charge in [0.1, 0.15) is 0 Å². The van der Waals surface area contributed by atoms with Crippen LogP contribution in [0.25, 0.3) is 44.7 Å². The fourth-order valence-electron chi connectivity index (χ4n) is 3.90. The minimum Gasteiger partial charge on any atom is -0.309 e. The van der Waals surface area contributed by atoms with Crippen LogP contribution in [0.1, 0.15) is 11.1 Å². The SMILES string of the molecule is C=Cc1ccc(-c2ccc(-n3c4ccncc4c4cnccc43)cc2C)cc1. The molecule has 0 radical (unpaired) electrons. The second-order valence-electron chi connectivity index (χ2n) is 6.95. The minimum atomic E-state index is 1.12. The lowest BCUT2D eigenvalue weighted by molar-refractivity contribution is 1.16. The van der Waals surface area contributed by atoms with Crippen molar-refractivity contribution >= 4 is 27.9 Å². The monoisotopic (exact) mass is 361 g/mol. The van der Waals surface area contributed by atoms with Gasteiger partial charge in [0.25, 0.3) is 0 Å². The van der Waals surface area contributed by atoms with Gasteiger partial charge in [-0.3, -0.25) is 9.97 Å². The number of nitrogens with zero attached hydrogens (tertiary/aromatic N) is 3. The van der Waals surface area contributed by atoms with E-state index in [1.165, 1.54) is 16.7 Å². The van der Waals surface area contributed by atoms with Gasteiger partial charge in [-0.1, -0.05) is 43.0 Å². The molecule has 0 N–H and O–H groups in total. The average Bonchev–Trinajstić information content (AvgIpc) is 3.08. The molecule has 0 bridgehead atoms. The van der Waals surface area contributed by atoms with Gasteiger partial charge >= 0.3 is 0 Å². The van der Waals surface area contributed by atoms with E-state index in [0.29, 0.717) is 0 Å². The molecule has 0 aliphatic rings. The molecule has 2 aromatic carbocycles. The van der Waals surface area contributed by atoms with Gasteiger partial charge in [0, 0.05) is 41.2 Å². The molecule has 3 heteroatoms. The smallest absolute Gasteiger partial charge is 0.0572 e. The molecule has 3 nitrogen and oxygen atoms in total. The Morgan fingerprint density at radius 2 is 1.46 bits per heavy atom. The van der Waals surface area contributed by atoms with Crippen molar-refractivity contribution in [3.8, 4) is 16.8 Å². The summed E-state index contributed by atoms with van der Waals surface area (Å²) in [6.07, 6.45) is 9.38. The predicted octanol–water partition coefficient (Wildman–Crippen LogP) is 6.19. The lowest BCUT2D eigenvalue weighted by Crippen LogP contribution is -1.95. The fourth-order valence-corrected chi connectivity index (χ4v) is 3.90. The van der Waals surface area contributed by atoms with Crippen LogP contribution in [0.2, 0.25) is 0 Å². The Kier molecular flexibility index (Phi) is 3.80. The summed E-state index contributed by atoms with van der Waals surface area (Å²) in [4.78, 5) is 8.61. The van der Waals surface area contributed by atoms with E-state index in [2.05, 4.69) is 82.6 Å². The van der Waals surface area contributed by atoms with Crippen molar-refractivity contribution in [2.75, 3.05) is 0 Å². The summed E-state index contributed by atoms with van der Waals surface area (Å²) in [6.45, 7) is 5.99. The zero-order valence-electron chi connectivity index (χ0n) is 15.6. The van der Waals surface area contributed by atoms with E-state index in [1.54, 1.807) is 0 Å². The predicted molar refractivity (Wildman–Crippen MR) is 117 cm³/mol. The third-order valence-corrected chi connectivity index (χ3v) is 5.29. The number of aromatic nitrogens is 3. The van der Waals surface area contributed by atoms with Crippen molar-refractivity contribution in [1.29, 1.82) is 0 Å². The lowest BCUT2D eigenvalue weighted by atomic mass is 9.99. The molecule has 0 amide bonds. The summed E-state index contributed by atoms with van der Waals surface area (Å²) in [5.41, 5.74) is 8.24. The van der Waals surface area contributed by atoms with E-state index in [4.69, 9.17) is 0 Å². The Hall–Kier alpha value is -3.72. The Morgan fingerprint density at radius 3 is 2.04 bits per heavy atom. The van der Waals surface area contributed by atoms with Crippen LogP contribution in [0.15, 0.2) is 86.0 Å². The number of benzene rings is 2. The van der Waals surface area contributed by atoms with Gasteiger partial charge in [-0.2, -0.15) is 0 Å².